The number of nitrogens with two attached hydrogens (primary N) is 3. The predicted molar refractivity (Wildman–Crippen MR) is 112 cm³/mol. The van der Waals surface area contributed by atoms with Crippen molar-refractivity contribution in [1.29, 1.82) is 0 Å². The van der Waals surface area contributed by atoms with Crippen molar-refractivity contribution in [3.8, 4) is 11.3 Å². The molecule has 152 valence electrons. The molecule has 0 fully saturated rings. The van der Waals surface area contributed by atoms with Crippen LogP contribution in [0.5, 0.6) is 0 Å². The van der Waals surface area contributed by atoms with Crippen LogP contribution in [0.15, 0.2) is 22.6 Å². The number of hydrogen-bond donors (Lipinski definition) is 4. The number of rotatable bonds is 5. The first-order chi connectivity index (χ1) is 13.7. The molecule has 0 bridgehead atoms. The van der Waals surface area contributed by atoms with Crippen molar-refractivity contribution >= 4 is 39.9 Å². The number of fused-ring (bicyclic) bond motifs is 2. The quantitative estimate of drug-likeness (QED) is 0.396. The summed E-state index contributed by atoms with van der Waals surface area (Å²) in [5, 5.41) is 15.9. The Morgan fingerprint density at radius 3 is 2.69 bits per heavy atom. The van der Waals surface area contributed by atoms with Crippen LogP contribution in [0.2, 0.25) is 0 Å². The van der Waals surface area contributed by atoms with E-state index in [-0.39, 0.29) is 23.8 Å². The van der Waals surface area contributed by atoms with Crippen molar-refractivity contribution in [2.75, 3.05) is 17.2 Å². The average molecular weight is 396 g/mol. The molecule has 3 heterocycles. The van der Waals surface area contributed by atoms with Gasteiger partial charge in [0.25, 0.3) is 6.01 Å². The van der Waals surface area contributed by atoms with Gasteiger partial charge in [0.05, 0.1) is 17.0 Å². The molecule has 0 aliphatic heterocycles. The summed E-state index contributed by atoms with van der Waals surface area (Å²) in [4.78, 5) is 12.7. The van der Waals surface area contributed by atoms with Crippen LogP contribution in [0.1, 0.15) is 39.7 Å². The first-order valence-electron chi connectivity index (χ1n) is 9.38. The highest BCUT2D eigenvalue weighted by atomic mass is 16.4. The van der Waals surface area contributed by atoms with E-state index in [4.69, 9.17) is 26.7 Å². The molecule has 4 aromatic rings. The normalized spacial score (nSPS) is 15.0. The van der Waals surface area contributed by atoms with Crippen molar-refractivity contribution in [1.82, 2.24) is 24.7 Å². The van der Waals surface area contributed by atoms with Gasteiger partial charge in [-0.05, 0) is 44.9 Å². The monoisotopic (exact) mass is 396 g/mol. The molecule has 0 aliphatic rings. The van der Waals surface area contributed by atoms with Crippen LogP contribution in [0.25, 0.3) is 33.4 Å². The number of aromatic nitrogens is 5. The Labute approximate surface area is 166 Å². The lowest BCUT2D eigenvalue weighted by atomic mass is 9.95. The third kappa shape index (κ3) is 3.31. The van der Waals surface area contributed by atoms with E-state index < -0.39 is 5.60 Å². The van der Waals surface area contributed by atoms with Crippen LogP contribution in [-0.4, -0.2) is 35.4 Å². The maximum absolute atomic E-state index is 10.5. The van der Waals surface area contributed by atoms with E-state index >= 15 is 0 Å². The van der Waals surface area contributed by atoms with Crippen LogP contribution in [0.3, 0.4) is 0 Å². The Hall–Kier alpha value is -3.40. The molecule has 10 nitrogen and oxygen atoms in total. The van der Waals surface area contributed by atoms with E-state index in [0.717, 1.165) is 5.56 Å². The molecule has 0 saturated carbocycles. The van der Waals surface area contributed by atoms with Crippen LogP contribution in [0, 0.1) is 0 Å². The van der Waals surface area contributed by atoms with Gasteiger partial charge >= 0.3 is 0 Å². The molecule has 0 saturated heterocycles. The van der Waals surface area contributed by atoms with Gasteiger partial charge in [0.15, 0.2) is 11.2 Å². The smallest absolute Gasteiger partial charge is 0.292 e. The molecule has 0 aliphatic carbocycles. The van der Waals surface area contributed by atoms with E-state index in [1.165, 1.54) is 0 Å². The van der Waals surface area contributed by atoms with E-state index in [0.29, 0.717) is 40.7 Å². The lowest BCUT2D eigenvalue weighted by Gasteiger charge is -2.25. The minimum atomic E-state index is -0.834. The summed E-state index contributed by atoms with van der Waals surface area (Å²) in [7, 11) is 0. The van der Waals surface area contributed by atoms with Gasteiger partial charge in [-0.3, -0.25) is 0 Å². The van der Waals surface area contributed by atoms with Gasteiger partial charge in [-0.2, -0.15) is 20.1 Å². The molecule has 10 heteroatoms. The number of anilines is 3. The number of benzene rings is 1. The molecule has 0 amide bonds. The molecule has 0 spiro atoms. The van der Waals surface area contributed by atoms with Crippen LogP contribution in [0.4, 0.5) is 17.8 Å². The van der Waals surface area contributed by atoms with Gasteiger partial charge in [-0.15, -0.1) is 0 Å². The van der Waals surface area contributed by atoms with E-state index in [1.54, 1.807) is 17.7 Å². The van der Waals surface area contributed by atoms with Crippen LogP contribution >= 0.6 is 0 Å². The van der Waals surface area contributed by atoms with Gasteiger partial charge in [0.2, 0.25) is 5.95 Å². The van der Waals surface area contributed by atoms with Gasteiger partial charge in [-0.25, -0.2) is 4.68 Å². The van der Waals surface area contributed by atoms with Crippen molar-refractivity contribution in [3.63, 3.8) is 0 Å². The Morgan fingerprint density at radius 2 is 1.97 bits per heavy atom. The molecule has 7 N–H and O–H groups in total. The van der Waals surface area contributed by atoms with Crippen molar-refractivity contribution in [2.24, 2.45) is 0 Å². The minimum absolute atomic E-state index is 0.0666. The Bertz CT molecular complexity index is 1210. The number of nitrogen functional groups attached to an aromatic ring is 3. The fourth-order valence-corrected chi connectivity index (χ4v) is 3.55. The second-order valence-corrected chi connectivity index (χ2v) is 7.60. The highest BCUT2D eigenvalue weighted by Gasteiger charge is 2.26. The number of aliphatic hydroxyl groups is 1. The fraction of sp³-hybridized carbons (Fsp3) is 0.368. The number of nitrogens with zero attached hydrogens (tertiary/aromatic N) is 5. The summed E-state index contributed by atoms with van der Waals surface area (Å²) in [6.45, 7) is 5.71. The maximum atomic E-state index is 10.5. The zero-order chi connectivity index (χ0) is 20.9. The summed E-state index contributed by atoms with van der Waals surface area (Å²) >= 11 is 0. The van der Waals surface area contributed by atoms with Gasteiger partial charge in [0.1, 0.15) is 17.0 Å². The standard InChI is InChI=1S/C19H24N8O2/c1-4-19(3,28)8-9(2)27-16-13(15(20)24-17(21)25-16)14(26-27)10-5-6-12-11(7-10)23-18(22)29-12/h5-7,9,28H,4,8H2,1-3H3,(H2,22,23)(H4,20,21,24,25)/t9-,19?/m0/s1. The minimum Gasteiger partial charge on any atom is -0.424 e. The van der Waals surface area contributed by atoms with Gasteiger partial charge < -0.3 is 26.7 Å². The molecule has 4 rings (SSSR count). The van der Waals surface area contributed by atoms with Gasteiger partial charge in [0, 0.05) is 5.56 Å². The largest absolute Gasteiger partial charge is 0.424 e. The number of oxazole rings is 1. The topological polar surface area (TPSA) is 168 Å². The predicted octanol–water partition coefficient (Wildman–Crippen LogP) is 2.49. The van der Waals surface area contributed by atoms with E-state index in [2.05, 4.69) is 15.0 Å². The zero-order valence-corrected chi connectivity index (χ0v) is 16.5. The Morgan fingerprint density at radius 1 is 1.21 bits per heavy atom. The van der Waals surface area contributed by atoms with Crippen molar-refractivity contribution < 1.29 is 9.52 Å². The summed E-state index contributed by atoms with van der Waals surface area (Å²) in [5.74, 6) is 0.305. The Balaban J connectivity index is 1.91. The number of hydrogen-bond acceptors (Lipinski definition) is 9. The second kappa shape index (κ2) is 6.59. The SMILES string of the molecule is CCC(C)(O)C[C@H](C)n1nc(-c2ccc3oc(N)nc3c2)c2c(N)nc(N)nc21. The summed E-state index contributed by atoms with van der Waals surface area (Å²) < 4.78 is 7.08. The van der Waals surface area contributed by atoms with Crippen LogP contribution < -0.4 is 17.2 Å². The molecule has 29 heavy (non-hydrogen) atoms. The maximum Gasteiger partial charge on any atom is 0.292 e. The molecule has 3 aromatic heterocycles. The summed E-state index contributed by atoms with van der Waals surface area (Å²) in [6, 6.07) is 5.39. The van der Waals surface area contributed by atoms with Gasteiger partial charge in [-0.1, -0.05) is 6.92 Å². The van der Waals surface area contributed by atoms with Crippen LogP contribution in [-0.2, 0) is 0 Å². The zero-order valence-electron chi connectivity index (χ0n) is 16.5. The highest BCUT2D eigenvalue weighted by molar-refractivity contribution is 6.00. The first-order valence-corrected chi connectivity index (χ1v) is 9.38. The molecule has 1 aromatic carbocycles. The summed E-state index contributed by atoms with van der Waals surface area (Å²) in [5.41, 5.74) is 19.9. The second-order valence-electron chi connectivity index (χ2n) is 7.60. The third-order valence-corrected chi connectivity index (χ3v) is 5.19. The lowest BCUT2D eigenvalue weighted by Crippen LogP contribution is -2.27. The lowest BCUT2D eigenvalue weighted by molar-refractivity contribution is 0.0331. The van der Waals surface area contributed by atoms with E-state index in [9.17, 15) is 5.11 Å². The molecular formula is C19H24N8O2. The molecule has 2 atom stereocenters. The first kappa shape index (κ1) is 18.9. The highest BCUT2D eigenvalue weighted by Crippen LogP contribution is 2.35. The van der Waals surface area contributed by atoms with Crippen molar-refractivity contribution in [3.05, 3.63) is 18.2 Å². The summed E-state index contributed by atoms with van der Waals surface area (Å²) in [6.07, 6.45) is 1.11. The third-order valence-electron chi connectivity index (χ3n) is 5.19. The molecule has 0 radical (unpaired) electrons. The molecular weight excluding hydrogens is 372 g/mol. The van der Waals surface area contributed by atoms with Crippen molar-refractivity contribution in [2.45, 2.75) is 45.3 Å². The Kier molecular flexibility index (Phi) is 4.30. The van der Waals surface area contributed by atoms with E-state index in [1.807, 2.05) is 26.0 Å². The molecule has 1 unspecified atom stereocenters. The fourth-order valence-electron chi connectivity index (χ4n) is 3.55. The average Bonchev–Trinajstić information content (AvgIpc) is 3.20.